The maximum absolute atomic E-state index is 5.89. The SMILES string of the molecule is Cc1c(CN2CC3(COC3)C2)ncn1-c1ccc(OCc2ccccc2)cc1. The van der Waals surface area contributed by atoms with Crippen LogP contribution in [0.3, 0.4) is 0 Å². The van der Waals surface area contributed by atoms with Gasteiger partial charge in [-0.2, -0.15) is 0 Å². The molecule has 3 aromatic rings. The molecule has 0 saturated carbocycles. The summed E-state index contributed by atoms with van der Waals surface area (Å²) in [5.41, 5.74) is 5.08. The zero-order valence-electron chi connectivity index (χ0n) is 16.2. The second kappa shape index (κ2) is 7.08. The van der Waals surface area contributed by atoms with E-state index in [9.17, 15) is 0 Å². The lowest BCUT2D eigenvalue weighted by Gasteiger charge is -2.55. The number of ether oxygens (including phenoxy) is 2. The second-order valence-corrected chi connectivity index (χ2v) is 8.05. The van der Waals surface area contributed by atoms with Crippen molar-refractivity contribution in [2.24, 2.45) is 5.41 Å². The quantitative estimate of drug-likeness (QED) is 0.660. The first-order chi connectivity index (χ1) is 13.7. The Hall–Kier alpha value is -2.63. The number of hydrogen-bond donors (Lipinski definition) is 0. The fourth-order valence-corrected chi connectivity index (χ4v) is 4.11. The zero-order valence-corrected chi connectivity index (χ0v) is 16.2. The van der Waals surface area contributed by atoms with Gasteiger partial charge in [0.05, 0.1) is 25.2 Å². The van der Waals surface area contributed by atoms with E-state index in [-0.39, 0.29) is 0 Å². The van der Waals surface area contributed by atoms with Crippen LogP contribution in [0.15, 0.2) is 60.9 Å². The summed E-state index contributed by atoms with van der Waals surface area (Å²) >= 11 is 0. The Morgan fingerprint density at radius 1 is 1.04 bits per heavy atom. The molecule has 1 aromatic heterocycles. The molecular weight excluding hydrogens is 350 g/mol. The van der Waals surface area contributed by atoms with E-state index in [0.717, 1.165) is 50.0 Å². The van der Waals surface area contributed by atoms with E-state index in [4.69, 9.17) is 9.47 Å². The third kappa shape index (κ3) is 3.32. The maximum Gasteiger partial charge on any atom is 0.119 e. The van der Waals surface area contributed by atoms with E-state index in [1.165, 1.54) is 11.3 Å². The molecule has 5 rings (SSSR count). The predicted molar refractivity (Wildman–Crippen MR) is 108 cm³/mol. The van der Waals surface area contributed by atoms with Gasteiger partial charge in [-0.1, -0.05) is 30.3 Å². The molecule has 5 nitrogen and oxygen atoms in total. The smallest absolute Gasteiger partial charge is 0.119 e. The lowest BCUT2D eigenvalue weighted by atomic mass is 9.78. The van der Waals surface area contributed by atoms with Gasteiger partial charge in [0.25, 0.3) is 0 Å². The highest BCUT2D eigenvalue weighted by Gasteiger charge is 2.48. The summed E-state index contributed by atoms with van der Waals surface area (Å²) in [5.74, 6) is 0.874. The molecule has 28 heavy (non-hydrogen) atoms. The van der Waals surface area contributed by atoms with E-state index in [0.29, 0.717) is 12.0 Å². The Bertz CT molecular complexity index is 938. The first-order valence-corrected chi connectivity index (χ1v) is 9.81. The number of nitrogens with zero attached hydrogens (tertiary/aromatic N) is 3. The Morgan fingerprint density at radius 3 is 2.46 bits per heavy atom. The molecule has 2 aliphatic heterocycles. The van der Waals surface area contributed by atoms with Gasteiger partial charge in [0.1, 0.15) is 12.4 Å². The predicted octanol–water partition coefficient (Wildman–Crippen LogP) is 3.59. The van der Waals surface area contributed by atoms with Crippen molar-refractivity contribution in [3.8, 4) is 11.4 Å². The van der Waals surface area contributed by atoms with E-state index in [1.54, 1.807) is 0 Å². The van der Waals surface area contributed by atoms with Gasteiger partial charge in [-0.3, -0.25) is 4.90 Å². The summed E-state index contributed by atoms with van der Waals surface area (Å²) in [7, 11) is 0. The Labute approximate surface area is 165 Å². The topological polar surface area (TPSA) is 39.5 Å². The minimum atomic E-state index is 0.450. The van der Waals surface area contributed by atoms with Crippen LogP contribution in [0.2, 0.25) is 0 Å². The highest BCUT2D eigenvalue weighted by Crippen LogP contribution is 2.38. The lowest BCUT2D eigenvalue weighted by molar-refractivity contribution is -0.191. The summed E-state index contributed by atoms with van der Waals surface area (Å²) in [4.78, 5) is 7.12. The first kappa shape index (κ1) is 17.5. The molecule has 2 saturated heterocycles. The number of rotatable bonds is 6. The molecule has 5 heteroatoms. The van der Waals surface area contributed by atoms with Crippen molar-refractivity contribution in [1.29, 1.82) is 0 Å². The van der Waals surface area contributed by atoms with Gasteiger partial charge in [-0.05, 0) is 36.8 Å². The highest BCUT2D eigenvalue weighted by molar-refractivity contribution is 5.39. The van der Waals surface area contributed by atoms with Gasteiger partial charge in [0.15, 0.2) is 0 Å². The third-order valence-corrected chi connectivity index (χ3v) is 5.78. The van der Waals surface area contributed by atoms with E-state index >= 15 is 0 Å². The molecule has 2 fully saturated rings. The van der Waals surface area contributed by atoms with Crippen LogP contribution in [-0.4, -0.2) is 40.8 Å². The molecule has 0 aliphatic carbocycles. The standard InChI is InChI=1S/C23H25N3O2/c1-18-22(11-25-13-23(14-25)15-27-16-23)24-17-26(18)20-7-9-21(10-8-20)28-12-19-5-3-2-4-6-19/h2-10,17H,11-16H2,1H3. The fourth-order valence-electron chi connectivity index (χ4n) is 4.11. The first-order valence-electron chi connectivity index (χ1n) is 9.81. The number of aromatic nitrogens is 2. The Kier molecular flexibility index (Phi) is 4.41. The van der Waals surface area contributed by atoms with Crippen LogP contribution < -0.4 is 4.74 Å². The van der Waals surface area contributed by atoms with Gasteiger partial charge in [-0.25, -0.2) is 4.98 Å². The maximum atomic E-state index is 5.89. The van der Waals surface area contributed by atoms with Crippen LogP contribution >= 0.6 is 0 Å². The zero-order chi connectivity index (χ0) is 19.0. The molecular formula is C23H25N3O2. The third-order valence-electron chi connectivity index (χ3n) is 5.78. The van der Waals surface area contributed by atoms with Crippen LogP contribution in [0.5, 0.6) is 5.75 Å². The molecule has 0 N–H and O–H groups in total. The molecule has 0 radical (unpaired) electrons. The summed E-state index contributed by atoms with van der Waals surface area (Å²) < 4.78 is 13.4. The Balaban J connectivity index is 1.22. The van der Waals surface area contributed by atoms with Crippen LogP contribution in [-0.2, 0) is 17.9 Å². The van der Waals surface area contributed by atoms with E-state index in [1.807, 2.05) is 36.7 Å². The average molecular weight is 375 g/mol. The normalized spacial score (nSPS) is 17.9. The molecule has 2 aliphatic rings. The molecule has 2 aromatic carbocycles. The summed E-state index contributed by atoms with van der Waals surface area (Å²) in [6.45, 7) is 7.75. The molecule has 144 valence electrons. The molecule has 0 atom stereocenters. The van der Waals surface area contributed by atoms with Gasteiger partial charge in [-0.15, -0.1) is 0 Å². The average Bonchev–Trinajstić information content (AvgIpc) is 3.03. The van der Waals surface area contributed by atoms with Gasteiger partial charge in [0.2, 0.25) is 0 Å². The van der Waals surface area contributed by atoms with Gasteiger partial charge in [0, 0.05) is 36.4 Å². The van der Waals surface area contributed by atoms with E-state index < -0.39 is 0 Å². The summed E-state index contributed by atoms with van der Waals surface area (Å²) in [5, 5.41) is 0. The lowest BCUT2D eigenvalue weighted by Crippen LogP contribution is -2.65. The number of imidazole rings is 1. The van der Waals surface area contributed by atoms with Crippen molar-refractivity contribution in [2.45, 2.75) is 20.1 Å². The van der Waals surface area contributed by atoms with Crippen LogP contribution in [0, 0.1) is 12.3 Å². The van der Waals surface area contributed by atoms with E-state index in [2.05, 4.69) is 45.6 Å². The monoisotopic (exact) mass is 375 g/mol. The fraction of sp³-hybridized carbons (Fsp3) is 0.348. The second-order valence-electron chi connectivity index (χ2n) is 8.05. The van der Waals surface area contributed by atoms with Gasteiger partial charge < -0.3 is 14.0 Å². The van der Waals surface area contributed by atoms with Crippen LogP contribution in [0.25, 0.3) is 5.69 Å². The largest absolute Gasteiger partial charge is 0.489 e. The van der Waals surface area contributed by atoms with Crippen molar-refractivity contribution in [1.82, 2.24) is 14.5 Å². The molecule has 1 spiro atoms. The number of likely N-dealkylation sites (tertiary alicyclic amines) is 1. The van der Waals surface area contributed by atoms with Crippen molar-refractivity contribution in [2.75, 3.05) is 26.3 Å². The van der Waals surface area contributed by atoms with Crippen molar-refractivity contribution >= 4 is 0 Å². The van der Waals surface area contributed by atoms with Crippen LogP contribution in [0.1, 0.15) is 17.0 Å². The molecule has 0 bridgehead atoms. The summed E-state index contributed by atoms with van der Waals surface area (Å²) in [6, 6.07) is 18.4. The molecule has 0 amide bonds. The van der Waals surface area contributed by atoms with Gasteiger partial charge >= 0.3 is 0 Å². The summed E-state index contributed by atoms with van der Waals surface area (Å²) in [6.07, 6.45) is 1.92. The molecule has 3 heterocycles. The highest BCUT2D eigenvalue weighted by atomic mass is 16.5. The molecule has 0 unspecified atom stereocenters. The van der Waals surface area contributed by atoms with Crippen molar-refractivity contribution in [3.63, 3.8) is 0 Å². The van der Waals surface area contributed by atoms with Crippen molar-refractivity contribution < 1.29 is 9.47 Å². The minimum Gasteiger partial charge on any atom is -0.489 e. The number of hydrogen-bond acceptors (Lipinski definition) is 4. The Morgan fingerprint density at radius 2 is 1.79 bits per heavy atom. The van der Waals surface area contributed by atoms with Crippen LogP contribution in [0.4, 0.5) is 0 Å². The minimum absolute atomic E-state index is 0.450. The van der Waals surface area contributed by atoms with Crippen molar-refractivity contribution in [3.05, 3.63) is 77.9 Å². The number of benzene rings is 2.